The zero-order valence-corrected chi connectivity index (χ0v) is 19.6. The van der Waals surface area contributed by atoms with Gasteiger partial charge in [0.05, 0.1) is 41.6 Å². The number of aromatic nitrogens is 2. The van der Waals surface area contributed by atoms with Gasteiger partial charge in [0, 0.05) is 13.1 Å². The number of furan rings is 1. The molecule has 1 aromatic carbocycles. The number of carbonyl (C=O) groups is 2. The van der Waals surface area contributed by atoms with Crippen LogP contribution < -0.4 is 5.56 Å². The Bertz CT molecular complexity index is 1200. The molecule has 8 nitrogen and oxygen atoms in total. The lowest BCUT2D eigenvalue weighted by molar-refractivity contribution is -0.130. The Hall–Kier alpha value is -3.07. The SMILES string of the molecule is COC(=O)c1ccc2c(=O)n(Cc3ccco3)c(SC(C)C(=O)N3CCCCCC3)nc2c1. The highest BCUT2D eigenvalue weighted by atomic mass is 32.2. The number of carbonyl (C=O) groups excluding carboxylic acids is 2. The number of esters is 1. The Morgan fingerprint density at radius 3 is 2.61 bits per heavy atom. The molecule has 0 N–H and O–H groups in total. The lowest BCUT2D eigenvalue weighted by atomic mass is 10.1. The average molecular weight is 470 g/mol. The van der Waals surface area contributed by atoms with E-state index in [1.807, 2.05) is 11.8 Å². The molecule has 3 heterocycles. The van der Waals surface area contributed by atoms with Crippen molar-refractivity contribution >= 4 is 34.5 Å². The summed E-state index contributed by atoms with van der Waals surface area (Å²) in [4.78, 5) is 45.1. The smallest absolute Gasteiger partial charge is 0.337 e. The molecule has 1 unspecified atom stereocenters. The lowest BCUT2D eigenvalue weighted by Gasteiger charge is -2.24. The number of hydrogen-bond acceptors (Lipinski definition) is 7. The molecule has 2 aromatic heterocycles. The number of fused-ring (bicyclic) bond motifs is 1. The number of hydrogen-bond donors (Lipinski definition) is 0. The summed E-state index contributed by atoms with van der Waals surface area (Å²) >= 11 is 1.25. The molecule has 1 atom stereocenters. The summed E-state index contributed by atoms with van der Waals surface area (Å²) in [7, 11) is 1.30. The molecule has 1 fully saturated rings. The second-order valence-electron chi connectivity index (χ2n) is 8.09. The van der Waals surface area contributed by atoms with Gasteiger partial charge in [-0.05, 0) is 50.1 Å². The number of amides is 1. The Balaban J connectivity index is 1.72. The molecular formula is C24H27N3O5S. The lowest BCUT2D eigenvalue weighted by Crippen LogP contribution is -2.37. The fraction of sp³-hybridized carbons (Fsp3) is 0.417. The molecule has 4 rings (SSSR count). The quantitative estimate of drug-likeness (QED) is 0.309. The first kappa shape index (κ1) is 23.1. The fourth-order valence-corrected chi connectivity index (χ4v) is 4.98. The average Bonchev–Trinajstić information content (AvgIpc) is 3.19. The van der Waals surface area contributed by atoms with Crippen molar-refractivity contribution < 1.29 is 18.7 Å². The third-order valence-corrected chi connectivity index (χ3v) is 6.86. The summed E-state index contributed by atoms with van der Waals surface area (Å²) in [6.45, 7) is 3.56. The molecule has 1 amide bonds. The predicted molar refractivity (Wildman–Crippen MR) is 126 cm³/mol. The van der Waals surface area contributed by atoms with Gasteiger partial charge in [-0.1, -0.05) is 24.6 Å². The minimum atomic E-state index is -0.502. The maximum absolute atomic E-state index is 13.4. The highest BCUT2D eigenvalue weighted by Gasteiger charge is 2.25. The number of rotatable bonds is 6. The van der Waals surface area contributed by atoms with Crippen LogP contribution in [0.5, 0.6) is 0 Å². The van der Waals surface area contributed by atoms with Crippen LogP contribution in [0, 0.1) is 0 Å². The van der Waals surface area contributed by atoms with Crippen molar-refractivity contribution in [2.45, 2.75) is 49.6 Å². The first-order valence-electron chi connectivity index (χ1n) is 11.1. The minimum absolute atomic E-state index is 0.0455. The number of methoxy groups -OCH3 is 1. The van der Waals surface area contributed by atoms with Crippen molar-refractivity contribution in [2.24, 2.45) is 0 Å². The molecule has 1 saturated heterocycles. The van der Waals surface area contributed by atoms with E-state index in [0.717, 1.165) is 38.8 Å². The normalized spacial score (nSPS) is 15.3. The summed E-state index contributed by atoms with van der Waals surface area (Å²) in [6.07, 6.45) is 5.86. The number of benzene rings is 1. The van der Waals surface area contributed by atoms with Crippen LogP contribution in [0.15, 0.2) is 51.0 Å². The zero-order valence-electron chi connectivity index (χ0n) is 18.8. The van der Waals surface area contributed by atoms with Gasteiger partial charge >= 0.3 is 5.97 Å². The molecule has 0 bridgehead atoms. The Morgan fingerprint density at radius 1 is 1.18 bits per heavy atom. The van der Waals surface area contributed by atoms with E-state index in [4.69, 9.17) is 9.15 Å². The largest absolute Gasteiger partial charge is 0.467 e. The summed E-state index contributed by atoms with van der Waals surface area (Å²) in [5, 5.41) is 0.366. The summed E-state index contributed by atoms with van der Waals surface area (Å²) in [6, 6.07) is 8.22. The van der Waals surface area contributed by atoms with Gasteiger partial charge < -0.3 is 14.1 Å². The third kappa shape index (κ3) is 5.13. The molecule has 9 heteroatoms. The van der Waals surface area contributed by atoms with Gasteiger partial charge in [-0.15, -0.1) is 0 Å². The first-order chi connectivity index (χ1) is 16.0. The van der Waals surface area contributed by atoms with Crippen LogP contribution in [0.2, 0.25) is 0 Å². The van der Waals surface area contributed by atoms with Gasteiger partial charge in [-0.25, -0.2) is 9.78 Å². The van der Waals surface area contributed by atoms with Crippen molar-refractivity contribution in [3.05, 3.63) is 58.3 Å². The van der Waals surface area contributed by atoms with Gasteiger partial charge in [0.15, 0.2) is 5.16 Å². The van der Waals surface area contributed by atoms with E-state index >= 15 is 0 Å². The highest BCUT2D eigenvalue weighted by Crippen LogP contribution is 2.26. The van der Waals surface area contributed by atoms with Crippen LogP contribution in [0.4, 0.5) is 0 Å². The first-order valence-corrected chi connectivity index (χ1v) is 12.0. The van der Waals surface area contributed by atoms with E-state index in [-0.39, 0.29) is 18.0 Å². The van der Waals surface area contributed by atoms with Crippen LogP contribution in [0.25, 0.3) is 10.9 Å². The summed E-state index contributed by atoms with van der Waals surface area (Å²) in [5.41, 5.74) is 0.436. The molecular weight excluding hydrogens is 442 g/mol. The number of thioether (sulfide) groups is 1. The van der Waals surface area contributed by atoms with Gasteiger partial charge in [-0.3, -0.25) is 14.2 Å². The van der Waals surface area contributed by atoms with E-state index in [0.29, 0.717) is 27.4 Å². The van der Waals surface area contributed by atoms with E-state index in [9.17, 15) is 14.4 Å². The van der Waals surface area contributed by atoms with Gasteiger partial charge in [0.1, 0.15) is 5.76 Å². The number of ether oxygens (including phenoxy) is 1. The van der Waals surface area contributed by atoms with Crippen LogP contribution in [0.1, 0.15) is 48.7 Å². The van der Waals surface area contributed by atoms with Crippen molar-refractivity contribution in [3.8, 4) is 0 Å². The van der Waals surface area contributed by atoms with Crippen molar-refractivity contribution in [1.29, 1.82) is 0 Å². The molecule has 0 saturated carbocycles. The van der Waals surface area contributed by atoms with Crippen molar-refractivity contribution in [2.75, 3.05) is 20.2 Å². The highest BCUT2D eigenvalue weighted by molar-refractivity contribution is 8.00. The Labute approximate surface area is 195 Å². The van der Waals surface area contributed by atoms with Crippen LogP contribution in [-0.2, 0) is 16.1 Å². The van der Waals surface area contributed by atoms with Crippen LogP contribution in [0.3, 0.4) is 0 Å². The molecule has 0 radical (unpaired) electrons. The maximum atomic E-state index is 13.4. The van der Waals surface area contributed by atoms with E-state index in [1.54, 1.807) is 36.6 Å². The van der Waals surface area contributed by atoms with E-state index in [2.05, 4.69) is 4.98 Å². The summed E-state index contributed by atoms with van der Waals surface area (Å²) in [5.74, 6) is 0.152. The second-order valence-corrected chi connectivity index (χ2v) is 9.40. The molecule has 1 aliphatic rings. The fourth-order valence-electron chi connectivity index (χ4n) is 3.99. The number of nitrogens with zero attached hydrogens (tertiary/aromatic N) is 3. The second kappa shape index (κ2) is 10.2. The Kier molecular flexibility index (Phi) is 7.17. The van der Waals surface area contributed by atoms with Gasteiger partial charge in [0.2, 0.25) is 5.91 Å². The molecule has 3 aromatic rings. The Morgan fingerprint density at radius 2 is 1.94 bits per heavy atom. The van der Waals surface area contributed by atoms with E-state index in [1.165, 1.54) is 23.4 Å². The summed E-state index contributed by atoms with van der Waals surface area (Å²) < 4.78 is 11.8. The van der Waals surface area contributed by atoms with Gasteiger partial charge in [-0.2, -0.15) is 0 Å². The third-order valence-electron chi connectivity index (χ3n) is 5.78. The molecule has 0 spiro atoms. The topological polar surface area (TPSA) is 94.6 Å². The molecule has 33 heavy (non-hydrogen) atoms. The molecule has 0 aliphatic carbocycles. The van der Waals surface area contributed by atoms with Crippen LogP contribution >= 0.6 is 11.8 Å². The van der Waals surface area contributed by atoms with Crippen LogP contribution in [-0.4, -0.2) is 51.8 Å². The molecule has 174 valence electrons. The van der Waals surface area contributed by atoms with E-state index < -0.39 is 11.2 Å². The van der Waals surface area contributed by atoms with Crippen molar-refractivity contribution in [1.82, 2.24) is 14.5 Å². The van der Waals surface area contributed by atoms with Crippen molar-refractivity contribution in [3.63, 3.8) is 0 Å². The predicted octanol–water partition coefficient (Wildman–Crippen LogP) is 3.71. The maximum Gasteiger partial charge on any atom is 0.337 e. The minimum Gasteiger partial charge on any atom is -0.467 e. The monoisotopic (exact) mass is 469 g/mol. The zero-order chi connectivity index (χ0) is 23.4. The van der Waals surface area contributed by atoms with Gasteiger partial charge in [0.25, 0.3) is 5.56 Å². The molecule has 1 aliphatic heterocycles. The number of likely N-dealkylation sites (tertiary alicyclic amines) is 1. The standard InChI is InChI=1S/C24H27N3O5S/c1-16(21(28)26-11-5-3-4-6-12-26)33-24-25-20-14-17(23(30)31-2)9-10-19(20)22(29)27(24)15-18-8-7-13-32-18/h7-10,13-14,16H,3-6,11-12,15H2,1-2H3.